The largest absolute Gasteiger partial charge is 0.380 e. The SMILES string of the molecule is CC#CCCC(NCCC)C(CC)OC. The van der Waals surface area contributed by atoms with Crippen molar-refractivity contribution in [3.05, 3.63) is 0 Å². The van der Waals surface area contributed by atoms with Crippen LogP contribution < -0.4 is 5.32 Å². The fourth-order valence-corrected chi connectivity index (χ4v) is 1.72. The zero-order valence-corrected chi connectivity index (χ0v) is 10.6. The molecular formula is C13H25NO. The van der Waals surface area contributed by atoms with Gasteiger partial charge in [0.2, 0.25) is 0 Å². The van der Waals surface area contributed by atoms with E-state index < -0.39 is 0 Å². The van der Waals surface area contributed by atoms with E-state index in [1.807, 2.05) is 6.92 Å². The van der Waals surface area contributed by atoms with Gasteiger partial charge in [0.25, 0.3) is 0 Å². The van der Waals surface area contributed by atoms with Gasteiger partial charge in [-0.15, -0.1) is 11.8 Å². The topological polar surface area (TPSA) is 21.3 Å². The van der Waals surface area contributed by atoms with Crippen molar-refractivity contribution in [2.75, 3.05) is 13.7 Å². The van der Waals surface area contributed by atoms with E-state index in [0.717, 1.165) is 32.2 Å². The number of hydrogen-bond donors (Lipinski definition) is 1. The Labute approximate surface area is 94.8 Å². The van der Waals surface area contributed by atoms with Gasteiger partial charge >= 0.3 is 0 Å². The molecule has 1 N–H and O–H groups in total. The Morgan fingerprint density at radius 1 is 1.33 bits per heavy atom. The molecule has 0 aromatic rings. The second kappa shape index (κ2) is 10.0. The fraction of sp³-hybridized carbons (Fsp3) is 0.846. The molecule has 0 aliphatic carbocycles. The molecule has 0 bridgehead atoms. The molecule has 2 unspecified atom stereocenters. The first-order valence-corrected chi connectivity index (χ1v) is 5.95. The van der Waals surface area contributed by atoms with Crippen LogP contribution in [0.4, 0.5) is 0 Å². The van der Waals surface area contributed by atoms with Gasteiger partial charge in [-0.3, -0.25) is 0 Å². The van der Waals surface area contributed by atoms with Crippen LogP contribution in [0, 0.1) is 11.8 Å². The van der Waals surface area contributed by atoms with Crippen LogP contribution in [-0.2, 0) is 4.74 Å². The number of nitrogens with one attached hydrogen (secondary N) is 1. The third-order valence-corrected chi connectivity index (χ3v) is 2.57. The van der Waals surface area contributed by atoms with Crippen molar-refractivity contribution >= 4 is 0 Å². The third-order valence-electron chi connectivity index (χ3n) is 2.57. The highest BCUT2D eigenvalue weighted by Gasteiger charge is 2.17. The van der Waals surface area contributed by atoms with Gasteiger partial charge in [-0.25, -0.2) is 0 Å². The van der Waals surface area contributed by atoms with Crippen LogP contribution in [0.25, 0.3) is 0 Å². The molecule has 2 nitrogen and oxygen atoms in total. The Morgan fingerprint density at radius 2 is 2.07 bits per heavy atom. The minimum Gasteiger partial charge on any atom is -0.380 e. The van der Waals surface area contributed by atoms with Crippen molar-refractivity contribution in [3.8, 4) is 11.8 Å². The first-order valence-electron chi connectivity index (χ1n) is 5.95. The van der Waals surface area contributed by atoms with Crippen LogP contribution in [0.5, 0.6) is 0 Å². The van der Waals surface area contributed by atoms with Gasteiger partial charge < -0.3 is 10.1 Å². The molecule has 0 radical (unpaired) electrons. The minimum absolute atomic E-state index is 0.315. The molecular weight excluding hydrogens is 186 g/mol. The van der Waals surface area contributed by atoms with E-state index in [2.05, 4.69) is 31.0 Å². The van der Waals surface area contributed by atoms with Gasteiger partial charge in [0, 0.05) is 19.6 Å². The van der Waals surface area contributed by atoms with E-state index in [9.17, 15) is 0 Å². The Morgan fingerprint density at radius 3 is 2.53 bits per heavy atom. The summed E-state index contributed by atoms with van der Waals surface area (Å²) in [7, 11) is 1.79. The summed E-state index contributed by atoms with van der Waals surface area (Å²) in [5.74, 6) is 6.05. The predicted octanol–water partition coefficient (Wildman–Crippen LogP) is 2.58. The fourth-order valence-electron chi connectivity index (χ4n) is 1.72. The lowest BCUT2D eigenvalue weighted by Gasteiger charge is -2.25. The maximum absolute atomic E-state index is 5.48. The van der Waals surface area contributed by atoms with E-state index in [4.69, 9.17) is 4.74 Å². The molecule has 0 aromatic heterocycles. The second-order valence-electron chi connectivity index (χ2n) is 3.71. The van der Waals surface area contributed by atoms with E-state index in [1.165, 1.54) is 0 Å². The quantitative estimate of drug-likeness (QED) is 0.623. The first kappa shape index (κ1) is 14.5. The summed E-state index contributed by atoms with van der Waals surface area (Å²) in [5, 5.41) is 3.54. The summed E-state index contributed by atoms with van der Waals surface area (Å²) in [6.07, 6.45) is 4.56. The van der Waals surface area contributed by atoms with E-state index in [0.29, 0.717) is 12.1 Å². The standard InChI is InChI=1S/C13H25NO/c1-5-8-9-10-12(14-11-6-2)13(7-3)15-4/h12-14H,6-7,9-11H2,1-4H3. The molecule has 0 spiro atoms. The minimum atomic E-state index is 0.315. The lowest BCUT2D eigenvalue weighted by molar-refractivity contribution is 0.0630. The average Bonchev–Trinajstić information content (AvgIpc) is 2.26. The van der Waals surface area contributed by atoms with Crippen molar-refractivity contribution in [2.24, 2.45) is 0 Å². The van der Waals surface area contributed by atoms with Crippen LogP contribution in [0.3, 0.4) is 0 Å². The second-order valence-corrected chi connectivity index (χ2v) is 3.71. The summed E-state index contributed by atoms with van der Waals surface area (Å²) in [6, 6.07) is 0.445. The van der Waals surface area contributed by atoms with Crippen molar-refractivity contribution in [3.63, 3.8) is 0 Å². The molecule has 88 valence electrons. The van der Waals surface area contributed by atoms with Crippen LogP contribution in [0.15, 0.2) is 0 Å². The monoisotopic (exact) mass is 211 g/mol. The third kappa shape index (κ3) is 6.54. The number of hydrogen-bond acceptors (Lipinski definition) is 2. The highest BCUT2D eigenvalue weighted by molar-refractivity contribution is 4.96. The molecule has 0 amide bonds. The zero-order chi connectivity index (χ0) is 11.5. The van der Waals surface area contributed by atoms with Crippen molar-refractivity contribution in [2.45, 2.75) is 58.6 Å². The van der Waals surface area contributed by atoms with Gasteiger partial charge in [-0.05, 0) is 32.7 Å². The van der Waals surface area contributed by atoms with Crippen LogP contribution >= 0.6 is 0 Å². The van der Waals surface area contributed by atoms with Gasteiger partial charge in [-0.1, -0.05) is 13.8 Å². The van der Waals surface area contributed by atoms with E-state index in [1.54, 1.807) is 7.11 Å². The molecule has 0 aliphatic heterocycles. The Kier molecular flexibility index (Phi) is 9.67. The Bertz CT molecular complexity index is 188. The summed E-state index contributed by atoms with van der Waals surface area (Å²) < 4.78 is 5.48. The number of ether oxygens (including phenoxy) is 1. The first-order chi connectivity index (χ1) is 7.29. The average molecular weight is 211 g/mol. The highest BCUT2D eigenvalue weighted by Crippen LogP contribution is 2.09. The number of methoxy groups -OCH3 is 1. The molecule has 0 heterocycles. The summed E-state index contributed by atoms with van der Waals surface area (Å²) >= 11 is 0. The lowest BCUT2D eigenvalue weighted by atomic mass is 10.0. The van der Waals surface area contributed by atoms with Crippen molar-refractivity contribution in [1.29, 1.82) is 0 Å². The summed E-state index contributed by atoms with van der Waals surface area (Å²) in [6.45, 7) is 7.30. The molecule has 0 aromatic carbocycles. The molecule has 2 heteroatoms. The Hall–Kier alpha value is -0.520. The summed E-state index contributed by atoms with van der Waals surface area (Å²) in [5.41, 5.74) is 0. The molecule has 0 saturated heterocycles. The van der Waals surface area contributed by atoms with Gasteiger partial charge in [0.15, 0.2) is 0 Å². The van der Waals surface area contributed by atoms with Crippen molar-refractivity contribution in [1.82, 2.24) is 5.32 Å². The Balaban J connectivity index is 4.06. The molecule has 15 heavy (non-hydrogen) atoms. The van der Waals surface area contributed by atoms with Crippen LogP contribution in [0.2, 0.25) is 0 Å². The lowest BCUT2D eigenvalue weighted by Crippen LogP contribution is -2.41. The normalized spacial score (nSPS) is 14.1. The van der Waals surface area contributed by atoms with Crippen LogP contribution in [0.1, 0.15) is 46.5 Å². The molecule has 0 rings (SSSR count). The molecule has 0 saturated carbocycles. The molecule has 2 atom stereocenters. The van der Waals surface area contributed by atoms with Gasteiger partial charge in [-0.2, -0.15) is 0 Å². The smallest absolute Gasteiger partial charge is 0.0721 e. The zero-order valence-electron chi connectivity index (χ0n) is 10.6. The predicted molar refractivity (Wildman–Crippen MR) is 65.9 cm³/mol. The molecule has 0 fully saturated rings. The molecule has 0 aliphatic rings. The maximum Gasteiger partial charge on any atom is 0.0721 e. The van der Waals surface area contributed by atoms with Gasteiger partial charge in [0.05, 0.1) is 6.10 Å². The van der Waals surface area contributed by atoms with E-state index >= 15 is 0 Å². The van der Waals surface area contributed by atoms with E-state index in [-0.39, 0.29) is 0 Å². The maximum atomic E-state index is 5.48. The number of rotatable bonds is 8. The highest BCUT2D eigenvalue weighted by atomic mass is 16.5. The van der Waals surface area contributed by atoms with Crippen molar-refractivity contribution < 1.29 is 4.74 Å². The summed E-state index contributed by atoms with van der Waals surface area (Å²) in [4.78, 5) is 0. The van der Waals surface area contributed by atoms with Crippen LogP contribution in [-0.4, -0.2) is 25.8 Å². The van der Waals surface area contributed by atoms with Gasteiger partial charge in [0.1, 0.15) is 0 Å².